The molecule has 0 unspecified atom stereocenters. The number of carbonyl (C=O) groups excluding carboxylic acids is 1. The molecule has 0 aliphatic rings. The molecule has 1 aromatic carbocycles. The Morgan fingerprint density at radius 2 is 2.04 bits per heavy atom. The second-order valence-corrected chi connectivity index (χ2v) is 5.47. The molecule has 128 valence electrons. The van der Waals surface area contributed by atoms with Crippen LogP contribution < -0.4 is 15.4 Å². The van der Waals surface area contributed by atoms with Gasteiger partial charge in [-0.2, -0.15) is 0 Å². The second kappa shape index (κ2) is 9.00. The van der Waals surface area contributed by atoms with Crippen LogP contribution >= 0.6 is 0 Å². The van der Waals surface area contributed by atoms with Crippen LogP contribution in [0.1, 0.15) is 11.1 Å². The minimum Gasteiger partial charge on any atom is -0.439 e. The van der Waals surface area contributed by atoms with Gasteiger partial charge in [0.2, 0.25) is 11.8 Å². The number of benzene rings is 1. The molecular weight excluding hydrogens is 306 g/mol. The molecule has 1 amide bonds. The number of amides is 1. The van der Waals surface area contributed by atoms with Crippen molar-refractivity contribution in [2.45, 2.75) is 13.8 Å². The van der Waals surface area contributed by atoms with Gasteiger partial charge in [-0.15, -0.1) is 0 Å². The van der Waals surface area contributed by atoms with Gasteiger partial charge in [-0.25, -0.2) is 4.98 Å². The van der Waals surface area contributed by atoms with Gasteiger partial charge in [0, 0.05) is 37.7 Å². The first kappa shape index (κ1) is 17.9. The predicted octanol–water partition coefficient (Wildman–Crippen LogP) is 2.67. The van der Waals surface area contributed by atoms with Crippen LogP contribution in [0, 0.1) is 13.8 Å². The average Bonchev–Trinajstić information content (AvgIpc) is 2.55. The summed E-state index contributed by atoms with van der Waals surface area (Å²) in [5.41, 5.74) is 2.72. The Hall–Kier alpha value is -2.44. The van der Waals surface area contributed by atoms with Gasteiger partial charge in [0.15, 0.2) is 0 Å². The number of hydrogen-bond donors (Lipinski definition) is 2. The van der Waals surface area contributed by atoms with Crippen LogP contribution in [0.25, 0.3) is 0 Å². The molecule has 6 heteroatoms. The number of carbonyl (C=O) groups is 1. The summed E-state index contributed by atoms with van der Waals surface area (Å²) in [7, 11) is 1.62. The van der Waals surface area contributed by atoms with Crippen molar-refractivity contribution >= 4 is 11.6 Å². The first-order valence-electron chi connectivity index (χ1n) is 7.79. The lowest BCUT2D eigenvalue weighted by atomic mass is 10.2. The highest BCUT2D eigenvalue weighted by Gasteiger charge is 2.07. The number of ether oxygens (including phenoxy) is 2. The van der Waals surface area contributed by atoms with Crippen molar-refractivity contribution in [3.63, 3.8) is 0 Å². The van der Waals surface area contributed by atoms with E-state index in [1.807, 2.05) is 38.1 Å². The zero-order chi connectivity index (χ0) is 17.4. The zero-order valence-corrected chi connectivity index (χ0v) is 14.3. The van der Waals surface area contributed by atoms with Crippen LogP contribution in [0.4, 0.5) is 5.69 Å². The quantitative estimate of drug-likeness (QED) is 0.729. The Balaban J connectivity index is 1.99. The Morgan fingerprint density at radius 3 is 2.79 bits per heavy atom. The van der Waals surface area contributed by atoms with Crippen molar-refractivity contribution in [2.24, 2.45) is 0 Å². The van der Waals surface area contributed by atoms with E-state index < -0.39 is 0 Å². The Bertz CT molecular complexity index is 689. The molecule has 2 rings (SSSR count). The van der Waals surface area contributed by atoms with Crippen molar-refractivity contribution in [2.75, 3.05) is 32.1 Å². The molecule has 0 spiro atoms. The zero-order valence-electron chi connectivity index (χ0n) is 14.3. The summed E-state index contributed by atoms with van der Waals surface area (Å²) < 4.78 is 10.7. The third-order valence-corrected chi connectivity index (χ3v) is 3.35. The molecule has 0 saturated heterocycles. The van der Waals surface area contributed by atoms with E-state index in [0.29, 0.717) is 30.5 Å². The van der Waals surface area contributed by atoms with Crippen molar-refractivity contribution < 1.29 is 14.3 Å². The third kappa shape index (κ3) is 5.64. The molecule has 2 aromatic rings. The van der Waals surface area contributed by atoms with E-state index >= 15 is 0 Å². The van der Waals surface area contributed by atoms with E-state index in [-0.39, 0.29) is 12.5 Å². The van der Waals surface area contributed by atoms with Crippen LogP contribution in [-0.2, 0) is 9.53 Å². The molecule has 1 aromatic heterocycles. The lowest BCUT2D eigenvalue weighted by molar-refractivity contribution is -0.115. The lowest BCUT2D eigenvalue weighted by Gasteiger charge is -2.11. The standard InChI is InChI=1S/C18H23N3O3/c1-13-6-7-20-18(10-13)24-16-11-15(5-4-14(16)2)21-17(22)12-19-8-9-23-3/h4-7,10-11,19H,8-9,12H2,1-3H3,(H,21,22). The van der Waals surface area contributed by atoms with E-state index in [4.69, 9.17) is 9.47 Å². The number of aromatic nitrogens is 1. The van der Waals surface area contributed by atoms with E-state index in [1.54, 1.807) is 19.4 Å². The molecule has 0 radical (unpaired) electrons. The van der Waals surface area contributed by atoms with Gasteiger partial charge >= 0.3 is 0 Å². The number of anilines is 1. The van der Waals surface area contributed by atoms with Crippen LogP contribution in [-0.4, -0.2) is 37.7 Å². The van der Waals surface area contributed by atoms with Gasteiger partial charge in [0.25, 0.3) is 0 Å². The number of pyridine rings is 1. The summed E-state index contributed by atoms with van der Waals surface area (Å²) in [5.74, 6) is 1.08. The maximum Gasteiger partial charge on any atom is 0.238 e. The molecule has 0 saturated carbocycles. The molecule has 2 N–H and O–H groups in total. The normalized spacial score (nSPS) is 10.5. The molecule has 0 fully saturated rings. The highest BCUT2D eigenvalue weighted by Crippen LogP contribution is 2.27. The minimum atomic E-state index is -0.116. The van der Waals surface area contributed by atoms with Crippen LogP contribution in [0.15, 0.2) is 36.5 Å². The maximum absolute atomic E-state index is 11.9. The van der Waals surface area contributed by atoms with Crippen LogP contribution in [0.5, 0.6) is 11.6 Å². The highest BCUT2D eigenvalue weighted by molar-refractivity contribution is 5.92. The van der Waals surface area contributed by atoms with Gasteiger partial charge in [0.1, 0.15) is 5.75 Å². The number of aryl methyl sites for hydroxylation is 2. The maximum atomic E-state index is 11.9. The fourth-order valence-electron chi connectivity index (χ4n) is 2.05. The van der Waals surface area contributed by atoms with E-state index in [1.165, 1.54) is 0 Å². The van der Waals surface area contributed by atoms with Crippen molar-refractivity contribution in [3.05, 3.63) is 47.7 Å². The molecule has 0 aliphatic heterocycles. The van der Waals surface area contributed by atoms with Gasteiger partial charge in [0.05, 0.1) is 13.2 Å². The summed E-state index contributed by atoms with van der Waals surface area (Å²) in [6.45, 7) is 5.36. The number of nitrogens with one attached hydrogen (secondary N) is 2. The summed E-state index contributed by atoms with van der Waals surface area (Å²) >= 11 is 0. The SMILES string of the molecule is COCCNCC(=O)Nc1ccc(C)c(Oc2cc(C)ccn2)c1. The number of methoxy groups -OCH3 is 1. The van der Waals surface area contributed by atoms with Crippen LogP contribution in [0.3, 0.4) is 0 Å². The van der Waals surface area contributed by atoms with E-state index in [0.717, 1.165) is 11.1 Å². The lowest BCUT2D eigenvalue weighted by Crippen LogP contribution is -2.30. The van der Waals surface area contributed by atoms with E-state index in [2.05, 4.69) is 15.6 Å². The third-order valence-electron chi connectivity index (χ3n) is 3.35. The first-order valence-corrected chi connectivity index (χ1v) is 7.79. The molecular formula is C18H23N3O3. The number of nitrogens with zero attached hydrogens (tertiary/aromatic N) is 1. The fraction of sp³-hybridized carbons (Fsp3) is 0.333. The number of hydrogen-bond acceptors (Lipinski definition) is 5. The largest absolute Gasteiger partial charge is 0.439 e. The molecule has 0 bridgehead atoms. The number of rotatable bonds is 8. The highest BCUT2D eigenvalue weighted by atomic mass is 16.5. The Kier molecular flexibility index (Phi) is 6.72. The van der Waals surface area contributed by atoms with Gasteiger partial charge in [-0.05, 0) is 37.1 Å². The Morgan fingerprint density at radius 1 is 1.21 bits per heavy atom. The van der Waals surface area contributed by atoms with Crippen molar-refractivity contribution in [1.29, 1.82) is 0 Å². The molecule has 0 aliphatic carbocycles. The van der Waals surface area contributed by atoms with Gasteiger partial charge in [-0.1, -0.05) is 6.07 Å². The molecule has 24 heavy (non-hydrogen) atoms. The van der Waals surface area contributed by atoms with Crippen molar-refractivity contribution in [1.82, 2.24) is 10.3 Å². The average molecular weight is 329 g/mol. The van der Waals surface area contributed by atoms with Gasteiger partial charge < -0.3 is 20.1 Å². The van der Waals surface area contributed by atoms with E-state index in [9.17, 15) is 4.79 Å². The fourth-order valence-corrected chi connectivity index (χ4v) is 2.05. The smallest absolute Gasteiger partial charge is 0.238 e. The summed E-state index contributed by atoms with van der Waals surface area (Å²) in [6.07, 6.45) is 1.71. The van der Waals surface area contributed by atoms with Crippen molar-refractivity contribution in [3.8, 4) is 11.6 Å². The Labute approximate surface area is 142 Å². The molecule has 0 atom stereocenters. The molecule has 1 heterocycles. The summed E-state index contributed by atoms with van der Waals surface area (Å²) in [6, 6.07) is 9.32. The van der Waals surface area contributed by atoms with Gasteiger partial charge in [-0.3, -0.25) is 4.79 Å². The second-order valence-electron chi connectivity index (χ2n) is 5.47. The summed E-state index contributed by atoms with van der Waals surface area (Å²) in [5, 5.41) is 5.84. The topological polar surface area (TPSA) is 72.5 Å². The monoisotopic (exact) mass is 329 g/mol. The minimum absolute atomic E-state index is 0.116. The predicted molar refractivity (Wildman–Crippen MR) is 93.6 cm³/mol. The first-order chi connectivity index (χ1) is 11.6. The summed E-state index contributed by atoms with van der Waals surface area (Å²) in [4.78, 5) is 16.1. The molecule has 6 nitrogen and oxygen atoms in total. The van der Waals surface area contributed by atoms with Crippen LogP contribution in [0.2, 0.25) is 0 Å².